The molecule has 0 saturated carbocycles. The predicted molar refractivity (Wildman–Crippen MR) is 64.2 cm³/mol. The van der Waals surface area contributed by atoms with Gasteiger partial charge >= 0.3 is 0 Å². The summed E-state index contributed by atoms with van der Waals surface area (Å²) in [6.07, 6.45) is 0. The minimum absolute atomic E-state index is 0.141. The van der Waals surface area contributed by atoms with Crippen molar-refractivity contribution < 1.29 is 8.78 Å². The molecule has 0 aromatic heterocycles. The number of hydrogen-bond acceptors (Lipinski definition) is 1. The van der Waals surface area contributed by atoms with E-state index in [4.69, 9.17) is 5.26 Å². The normalized spacial score (nSPS) is 10.0. The topological polar surface area (TPSA) is 23.8 Å². The molecule has 0 amide bonds. The van der Waals surface area contributed by atoms with E-state index in [9.17, 15) is 8.78 Å². The van der Waals surface area contributed by atoms with E-state index in [0.29, 0.717) is 15.6 Å². The summed E-state index contributed by atoms with van der Waals surface area (Å²) < 4.78 is 27.3. The molecule has 0 bridgehead atoms. The molecule has 0 heterocycles. The number of nitriles is 1. The summed E-state index contributed by atoms with van der Waals surface area (Å²) >= 11 is 3.23. The van der Waals surface area contributed by atoms with E-state index in [0.717, 1.165) is 6.07 Å². The van der Waals surface area contributed by atoms with E-state index in [1.165, 1.54) is 18.2 Å². The first-order valence-electron chi connectivity index (χ1n) is 4.77. The number of halogens is 3. The maximum Gasteiger partial charge on any atom is 0.166 e. The maximum atomic E-state index is 13.6. The first-order valence-corrected chi connectivity index (χ1v) is 5.56. The third-order valence-corrected chi connectivity index (χ3v) is 2.75. The van der Waals surface area contributed by atoms with Crippen LogP contribution >= 0.6 is 15.9 Å². The van der Waals surface area contributed by atoms with Crippen LogP contribution in [0.25, 0.3) is 11.1 Å². The van der Waals surface area contributed by atoms with Gasteiger partial charge in [0.05, 0.1) is 11.6 Å². The molecule has 2 rings (SSSR count). The van der Waals surface area contributed by atoms with Gasteiger partial charge in [-0.15, -0.1) is 0 Å². The average molecular weight is 294 g/mol. The lowest BCUT2D eigenvalue weighted by Crippen LogP contribution is -1.90. The highest BCUT2D eigenvalue weighted by molar-refractivity contribution is 9.10. The quantitative estimate of drug-likeness (QED) is 0.770. The van der Waals surface area contributed by atoms with Crippen LogP contribution in [0.15, 0.2) is 40.9 Å². The van der Waals surface area contributed by atoms with Gasteiger partial charge in [-0.25, -0.2) is 8.78 Å². The van der Waals surface area contributed by atoms with Gasteiger partial charge in [-0.3, -0.25) is 0 Å². The van der Waals surface area contributed by atoms with Crippen LogP contribution in [0.5, 0.6) is 0 Å². The monoisotopic (exact) mass is 293 g/mol. The Hall–Kier alpha value is -1.73. The Balaban J connectivity index is 2.65. The molecule has 0 atom stereocenters. The van der Waals surface area contributed by atoms with Crippen molar-refractivity contribution in [3.8, 4) is 17.2 Å². The van der Waals surface area contributed by atoms with E-state index < -0.39 is 11.6 Å². The van der Waals surface area contributed by atoms with Gasteiger partial charge in [0.2, 0.25) is 0 Å². The minimum Gasteiger partial charge on any atom is -0.204 e. The van der Waals surface area contributed by atoms with E-state index in [-0.39, 0.29) is 5.56 Å². The Morgan fingerprint density at radius 3 is 2.59 bits per heavy atom. The zero-order valence-electron chi connectivity index (χ0n) is 8.55. The predicted octanol–water partition coefficient (Wildman–Crippen LogP) is 4.27. The van der Waals surface area contributed by atoms with Crippen LogP contribution in [0.2, 0.25) is 0 Å². The Kier molecular flexibility index (Phi) is 3.21. The van der Waals surface area contributed by atoms with Crippen molar-refractivity contribution in [2.45, 2.75) is 0 Å². The minimum atomic E-state index is -0.908. The molecule has 0 radical (unpaired) electrons. The summed E-state index contributed by atoms with van der Waals surface area (Å²) in [5.41, 5.74) is 0.994. The van der Waals surface area contributed by atoms with Crippen molar-refractivity contribution in [2.75, 3.05) is 0 Å². The molecule has 0 N–H and O–H groups in total. The lowest BCUT2D eigenvalue weighted by Gasteiger charge is -2.05. The average Bonchev–Trinajstić information content (AvgIpc) is 2.31. The number of benzene rings is 2. The molecule has 0 aliphatic rings. The molecule has 0 saturated heterocycles. The third kappa shape index (κ3) is 2.34. The lowest BCUT2D eigenvalue weighted by atomic mass is 10.0. The second kappa shape index (κ2) is 4.64. The molecular weight excluding hydrogens is 288 g/mol. The van der Waals surface area contributed by atoms with Gasteiger partial charge in [-0.1, -0.05) is 28.1 Å². The zero-order valence-corrected chi connectivity index (χ0v) is 10.1. The lowest BCUT2D eigenvalue weighted by molar-refractivity contribution is 0.511. The summed E-state index contributed by atoms with van der Waals surface area (Å²) in [6.45, 7) is 0. The van der Waals surface area contributed by atoms with E-state index in [2.05, 4.69) is 15.9 Å². The van der Waals surface area contributed by atoms with Crippen molar-refractivity contribution in [1.82, 2.24) is 0 Å². The van der Waals surface area contributed by atoms with Crippen LogP contribution < -0.4 is 0 Å². The van der Waals surface area contributed by atoms with Gasteiger partial charge in [0.25, 0.3) is 0 Å². The summed E-state index contributed by atoms with van der Waals surface area (Å²) in [6, 6.07) is 10.7. The van der Waals surface area contributed by atoms with Crippen molar-refractivity contribution in [3.63, 3.8) is 0 Å². The molecule has 2 aromatic rings. The van der Waals surface area contributed by atoms with Crippen molar-refractivity contribution in [3.05, 3.63) is 58.1 Å². The van der Waals surface area contributed by atoms with Crippen LogP contribution in [0.4, 0.5) is 8.78 Å². The SMILES string of the molecule is N#Cc1cc(Br)cc(-c2cccc(F)c2F)c1. The van der Waals surface area contributed by atoms with Gasteiger partial charge in [-0.2, -0.15) is 5.26 Å². The Morgan fingerprint density at radius 1 is 1.12 bits per heavy atom. The van der Waals surface area contributed by atoms with Crippen molar-refractivity contribution >= 4 is 15.9 Å². The summed E-state index contributed by atoms with van der Waals surface area (Å²) in [4.78, 5) is 0. The highest BCUT2D eigenvalue weighted by Crippen LogP contribution is 2.28. The van der Waals surface area contributed by atoms with Crippen molar-refractivity contribution in [2.24, 2.45) is 0 Å². The smallest absolute Gasteiger partial charge is 0.166 e. The van der Waals surface area contributed by atoms with Gasteiger partial charge in [-0.05, 0) is 29.8 Å². The summed E-state index contributed by atoms with van der Waals surface area (Å²) in [5, 5.41) is 8.82. The summed E-state index contributed by atoms with van der Waals surface area (Å²) in [5.74, 6) is -1.81. The highest BCUT2D eigenvalue weighted by Gasteiger charge is 2.10. The molecule has 2 aromatic carbocycles. The second-order valence-electron chi connectivity index (χ2n) is 3.44. The molecule has 17 heavy (non-hydrogen) atoms. The molecule has 4 heteroatoms. The first kappa shape index (κ1) is 11.7. The second-order valence-corrected chi connectivity index (χ2v) is 4.36. The first-order chi connectivity index (χ1) is 8.11. The van der Waals surface area contributed by atoms with Gasteiger partial charge < -0.3 is 0 Å². The third-order valence-electron chi connectivity index (χ3n) is 2.29. The molecule has 0 fully saturated rings. The molecule has 0 spiro atoms. The molecule has 1 nitrogen and oxygen atoms in total. The van der Waals surface area contributed by atoms with Crippen LogP contribution in [-0.2, 0) is 0 Å². The Bertz CT molecular complexity index is 617. The number of hydrogen-bond donors (Lipinski definition) is 0. The van der Waals surface area contributed by atoms with Crippen LogP contribution in [-0.4, -0.2) is 0 Å². The fraction of sp³-hybridized carbons (Fsp3) is 0. The fourth-order valence-electron chi connectivity index (χ4n) is 1.54. The van der Waals surface area contributed by atoms with Gasteiger partial charge in [0.1, 0.15) is 0 Å². The Labute approximate surface area is 105 Å². The van der Waals surface area contributed by atoms with Crippen molar-refractivity contribution in [1.29, 1.82) is 5.26 Å². The largest absolute Gasteiger partial charge is 0.204 e. The molecule has 0 aliphatic carbocycles. The number of rotatable bonds is 1. The van der Waals surface area contributed by atoms with Crippen LogP contribution in [0.1, 0.15) is 5.56 Å². The van der Waals surface area contributed by atoms with E-state index >= 15 is 0 Å². The van der Waals surface area contributed by atoms with Gasteiger partial charge in [0, 0.05) is 10.0 Å². The molecule has 84 valence electrons. The van der Waals surface area contributed by atoms with E-state index in [1.54, 1.807) is 12.1 Å². The fourth-order valence-corrected chi connectivity index (χ4v) is 2.03. The number of nitrogens with zero attached hydrogens (tertiary/aromatic N) is 1. The highest BCUT2D eigenvalue weighted by atomic mass is 79.9. The summed E-state index contributed by atoms with van der Waals surface area (Å²) in [7, 11) is 0. The van der Waals surface area contributed by atoms with E-state index in [1.807, 2.05) is 6.07 Å². The van der Waals surface area contributed by atoms with Gasteiger partial charge in [0.15, 0.2) is 11.6 Å². The Morgan fingerprint density at radius 2 is 1.88 bits per heavy atom. The van der Waals surface area contributed by atoms with Crippen LogP contribution in [0.3, 0.4) is 0 Å². The standard InChI is InChI=1S/C13H6BrF2N/c14-10-5-8(7-17)4-9(6-10)11-2-1-3-12(15)13(11)16/h1-6H. The molecular formula is C13H6BrF2N. The molecule has 0 aliphatic heterocycles. The molecule has 0 unspecified atom stereocenters. The zero-order chi connectivity index (χ0) is 12.4. The van der Waals surface area contributed by atoms with Crippen LogP contribution in [0, 0.1) is 23.0 Å². The maximum absolute atomic E-state index is 13.6.